The standard InChI is InChI=1S/C12H17N3/c1-8(2)10-5-12-14-11(9(3)4)6-13-15(12)7-10/h5-9H,1-4H3. The zero-order valence-corrected chi connectivity index (χ0v) is 9.73. The first-order chi connectivity index (χ1) is 7.08. The predicted molar refractivity (Wildman–Crippen MR) is 61.2 cm³/mol. The number of hydrogen-bond donors (Lipinski definition) is 0. The average molecular weight is 203 g/mol. The van der Waals surface area contributed by atoms with Gasteiger partial charge in [-0.3, -0.25) is 0 Å². The lowest BCUT2D eigenvalue weighted by molar-refractivity contribution is 0.780. The molecule has 0 saturated carbocycles. The Labute approximate surface area is 90.1 Å². The molecule has 2 aromatic heterocycles. The Morgan fingerprint density at radius 1 is 1.13 bits per heavy atom. The lowest BCUT2D eigenvalue weighted by atomic mass is 10.1. The fourth-order valence-corrected chi connectivity index (χ4v) is 1.51. The second-order valence-corrected chi connectivity index (χ2v) is 4.57. The number of rotatable bonds is 2. The highest BCUT2D eigenvalue weighted by molar-refractivity contribution is 5.43. The van der Waals surface area contributed by atoms with Gasteiger partial charge < -0.3 is 0 Å². The number of fused-ring (bicyclic) bond motifs is 1. The lowest BCUT2D eigenvalue weighted by Crippen LogP contribution is -1.98. The molecule has 15 heavy (non-hydrogen) atoms. The quantitative estimate of drug-likeness (QED) is 0.751. The van der Waals surface area contributed by atoms with Gasteiger partial charge in [0, 0.05) is 6.20 Å². The van der Waals surface area contributed by atoms with Crippen LogP contribution in [0.15, 0.2) is 18.5 Å². The third kappa shape index (κ3) is 1.87. The zero-order chi connectivity index (χ0) is 11.0. The largest absolute Gasteiger partial charge is 0.232 e. The van der Waals surface area contributed by atoms with Crippen molar-refractivity contribution < 1.29 is 0 Å². The van der Waals surface area contributed by atoms with E-state index in [1.807, 2.05) is 10.7 Å². The summed E-state index contributed by atoms with van der Waals surface area (Å²) in [6.45, 7) is 8.62. The summed E-state index contributed by atoms with van der Waals surface area (Å²) < 4.78 is 1.85. The third-order valence-corrected chi connectivity index (χ3v) is 2.62. The molecular formula is C12H17N3. The van der Waals surface area contributed by atoms with Crippen molar-refractivity contribution >= 4 is 5.65 Å². The summed E-state index contributed by atoms with van der Waals surface area (Å²) in [4.78, 5) is 4.58. The van der Waals surface area contributed by atoms with Crippen LogP contribution in [0, 0.1) is 0 Å². The van der Waals surface area contributed by atoms with Crippen LogP contribution in [0.5, 0.6) is 0 Å². The lowest BCUT2D eigenvalue weighted by Gasteiger charge is -2.02. The Morgan fingerprint density at radius 2 is 1.87 bits per heavy atom. The first kappa shape index (κ1) is 10.1. The van der Waals surface area contributed by atoms with Crippen LogP contribution in [0.4, 0.5) is 0 Å². The Balaban J connectivity index is 2.52. The van der Waals surface area contributed by atoms with E-state index in [4.69, 9.17) is 0 Å². The third-order valence-electron chi connectivity index (χ3n) is 2.62. The summed E-state index contributed by atoms with van der Waals surface area (Å²) in [5, 5.41) is 4.36. The highest BCUT2D eigenvalue weighted by Crippen LogP contribution is 2.18. The molecule has 0 aliphatic carbocycles. The summed E-state index contributed by atoms with van der Waals surface area (Å²) in [7, 11) is 0. The Kier molecular flexibility index (Phi) is 2.47. The van der Waals surface area contributed by atoms with Crippen molar-refractivity contribution in [1.29, 1.82) is 0 Å². The molecule has 3 heteroatoms. The molecule has 2 aromatic rings. The van der Waals surface area contributed by atoms with E-state index in [1.54, 1.807) is 0 Å². The maximum Gasteiger partial charge on any atom is 0.153 e. The van der Waals surface area contributed by atoms with E-state index >= 15 is 0 Å². The molecule has 0 spiro atoms. The molecule has 0 aliphatic heterocycles. The monoisotopic (exact) mass is 203 g/mol. The summed E-state index contributed by atoms with van der Waals surface area (Å²) >= 11 is 0. The van der Waals surface area contributed by atoms with Crippen molar-refractivity contribution in [2.45, 2.75) is 39.5 Å². The van der Waals surface area contributed by atoms with Crippen molar-refractivity contribution in [3.8, 4) is 0 Å². The molecule has 3 nitrogen and oxygen atoms in total. The molecule has 0 aliphatic rings. The van der Waals surface area contributed by atoms with E-state index in [9.17, 15) is 0 Å². The van der Waals surface area contributed by atoms with Crippen molar-refractivity contribution in [2.24, 2.45) is 0 Å². The minimum atomic E-state index is 0.430. The second kappa shape index (κ2) is 3.65. The molecule has 0 radical (unpaired) electrons. The van der Waals surface area contributed by atoms with Crippen molar-refractivity contribution in [2.75, 3.05) is 0 Å². The van der Waals surface area contributed by atoms with Crippen LogP contribution in [-0.2, 0) is 0 Å². The first-order valence-corrected chi connectivity index (χ1v) is 5.43. The normalized spacial score (nSPS) is 11.9. The summed E-state index contributed by atoms with van der Waals surface area (Å²) in [5.74, 6) is 0.955. The fraction of sp³-hybridized carbons (Fsp3) is 0.500. The second-order valence-electron chi connectivity index (χ2n) is 4.57. The number of nitrogens with zero attached hydrogens (tertiary/aromatic N) is 3. The summed E-state index contributed by atoms with van der Waals surface area (Å²) in [6, 6.07) is 2.11. The molecule has 0 bridgehead atoms. The Hall–Kier alpha value is -1.38. The van der Waals surface area contributed by atoms with E-state index < -0.39 is 0 Å². The van der Waals surface area contributed by atoms with Gasteiger partial charge >= 0.3 is 0 Å². The summed E-state index contributed by atoms with van der Waals surface area (Å²) in [5.41, 5.74) is 3.29. The van der Waals surface area contributed by atoms with Gasteiger partial charge in [-0.15, -0.1) is 0 Å². The maximum absolute atomic E-state index is 4.58. The molecule has 0 amide bonds. The number of hydrogen-bond acceptors (Lipinski definition) is 2. The average Bonchev–Trinajstić information content (AvgIpc) is 2.59. The van der Waals surface area contributed by atoms with Crippen LogP contribution in [0.25, 0.3) is 5.65 Å². The molecule has 0 N–H and O–H groups in total. The molecule has 0 aromatic carbocycles. The fourth-order valence-electron chi connectivity index (χ4n) is 1.51. The molecule has 0 saturated heterocycles. The van der Waals surface area contributed by atoms with Crippen LogP contribution in [0.2, 0.25) is 0 Å². The molecule has 80 valence electrons. The smallest absolute Gasteiger partial charge is 0.153 e. The van der Waals surface area contributed by atoms with Gasteiger partial charge in [-0.1, -0.05) is 27.7 Å². The van der Waals surface area contributed by atoms with Gasteiger partial charge in [0.05, 0.1) is 11.9 Å². The SMILES string of the molecule is CC(C)c1cc2nc(C(C)C)cnn2c1. The van der Waals surface area contributed by atoms with Crippen molar-refractivity contribution in [3.63, 3.8) is 0 Å². The van der Waals surface area contributed by atoms with Crippen LogP contribution in [-0.4, -0.2) is 14.6 Å². The van der Waals surface area contributed by atoms with Gasteiger partial charge in [0.2, 0.25) is 0 Å². The predicted octanol–water partition coefficient (Wildman–Crippen LogP) is 2.98. The van der Waals surface area contributed by atoms with Gasteiger partial charge in [-0.25, -0.2) is 9.50 Å². The Morgan fingerprint density at radius 3 is 2.47 bits per heavy atom. The minimum absolute atomic E-state index is 0.430. The van der Waals surface area contributed by atoms with E-state index in [1.165, 1.54) is 5.56 Å². The highest BCUT2D eigenvalue weighted by atomic mass is 15.2. The van der Waals surface area contributed by atoms with Crippen LogP contribution >= 0.6 is 0 Å². The van der Waals surface area contributed by atoms with Crippen LogP contribution in [0.3, 0.4) is 0 Å². The molecule has 2 rings (SSSR count). The van der Waals surface area contributed by atoms with E-state index in [0.717, 1.165) is 11.3 Å². The Bertz CT molecular complexity index is 463. The van der Waals surface area contributed by atoms with E-state index in [2.05, 4.69) is 50.0 Å². The van der Waals surface area contributed by atoms with Gasteiger partial charge in [-0.2, -0.15) is 5.10 Å². The van der Waals surface area contributed by atoms with E-state index in [0.29, 0.717) is 11.8 Å². The van der Waals surface area contributed by atoms with Crippen LogP contribution < -0.4 is 0 Å². The molecule has 0 unspecified atom stereocenters. The topological polar surface area (TPSA) is 30.2 Å². The number of aromatic nitrogens is 3. The van der Waals surface area contributed by atoms with Crippen molar-refractivity contribution in [1.82, 2.24) is 14.6 Å². The van der Waals surface area contributed by atoms with Crippen molar-refractivity contribution in [3.05, 3.63) is 29.7 Å². The maximum atomic E-state index is 4.58. The molecular weight excluding hydrogens is 186 g/mol. The van der Waals surface area contributed by atoms with Gasteiger partial charge in [-0.05, 0) is 23.5 Å². The summed E-state index contributed by atoms with van der Waals surface area (Å²) in [6.07, 6.45) is 3.90. The molecule has 2 heterocycles. The van der Waals surface area contributed by atoms with Gasteiger partial charge in [0.1, 0.15) is 0 Å². The first-order valence-electron chi connectivity index (χ1n) is 5.43. The molecule has 0 atom stereocenters. The van der Waals surface area contributed by atoms with Crippen LogP contribution in [0.1, 0.15) is 50.8 Å². The highest BCUT2D eigenvalue weighted by Gasteiger charge is 2.07. The molecule has 0 fully saturated rings. The van der Waals surface area contributed by atoms with E-state index in [-0.39, 0.29) is 0 Å². The zero-order valence-electron chi connectivity index (χ0n) is 9.73. The van der Waals surface area contributed by atoms with Gasteiger partial charge in [0.25, 0.3) is 0 Å². The minimum Gasteiger partial charge on any atom is -0.232 e. The van der Waals surface area contributed by atoms with Gasteiger partial charge in [0.15, 0.2) is 5.65 Å².